The zero-order chi connectivity index (χ0) is 17.0. The van der Waals surface area contributed by atoms with Crippen LogP contribution in [-0.4, -0.2) is 39.3 Å². The highest BCUT2D eigenvalue weighted by molar-refractivity contribution is 5.69. The number of nitrogens with zero attached hydrogens (tertiary/aromatic N) is 5. The van der Waals surface area contributed by atoms with E-state index in [0.29, 0.717) is 6.29 Å². The van der Waals surface area contributed by atoms with Gasteiger partial charge < -0.3 is 9.84 Å². The van der Waals surface area contributed by atoms with Crippen LogP contribution in [0.1, 0.15) is 18.2 Å². The highest BCUT2D eigenvalue weighted by Crippen LogP contribution is 2.29. The molecule has 1 aliphatic heterocycles. The van der Waals surface area contributed by atoms with Gasteiger partial charge in [-0.25, -0.2) is 9.36 Å². The molecule has 1 saturated heterocycles. The van der Waals surface area contributed by atoms with Crippen LogP contribution in [0.25, 0.3) is 16.6 Å². The Balaban J connectivity index is 2.49. The van der Waals surface area contributed by atoms with Crippen molar-refractivity contribution in [2.24, 2.45) is 5.11 Å². The molecule has 0 radical (unpaired) electrons. The molecule has 0 aromatic carbocycles. The average Bonchev–Trinajstić information content (AvgIpc) is 2.94. The highest BCUT2D eigenvalue weighted by atomic mass is 16.5. The predicted molar refractivity (Wildman–Crippen MR) is 79.6 cm³/mol. The van der Waals surface area contributed by atoms with Crippen LogP contribution in [0.2, 0.25) is 0 Å². The SMILES string of the molecule is Cc1cn([C@H]2CC(N=[N+]=[N-])[C@@H](CO)O2)c(=O)n(C=CC=O)c1=O. The second-order valence-corrected chi connectivity index (χ2v) is 4.97. The van der Waals surface area contributed by atoms with Gasteiger partial charge in [0.15, 0.2) is 0 Å². The maximum absolute atomic E-state index is 12.4. The summed E-state index contributed by atoms with van der Waals surface area (Å²) in [5.74, 6) is 0. The molecular formula is C13H15N5O5. The van der Waals surface area contributed by atoms with Crippen LogP contribution >= 0.6 is 0 Å². The Morgan fingerprint density at radius 2 is 2.30 bits per heavy atom. The monoisotopic (exact) mass is 321 g/mol. The first-order valence-corrected chi connectivity index (χ1v) is 6.80. The molecule has 1 aromatic rings. The second kappa shape index (κ2) is 7.05. The Hall–Kier alpha value is -2.68. The number of aromatic nitrogens is 2. The van der Waals surface area contributed by atoms with Crippen LogP contribution < -0.4 is 11.2 Å². The summed E-state index contributed by atoms with van der Waals surface area (Å²) in [5.41, 5.74) is 7.57. The van der Waals surface area contributed by atoms with E-state index in [1.165, 1.54) is 17.7 Å². The molecule has 0 amide bonds. The van der Waals surface area contributed by atoms with E-state index in [0.717, 1.165) is 16.8 Å². The maximum atomic E-state index is 12.4. The molecule has 1 N–H and O–H groups in total. The summed E-state index contributed by atoms with van der Waals surface area (Å²) >= 11 is 0. The number of aliphatic hydroxyl groups excluding tert-OH is 1. The van der Waals surface area contributed by atoms with Crippen LogP contribution in [0.4, 0.5) is 0 Å². The summed E-state index contributed by atoms with van der Waals surface area (Å²) in [6.07, 6.45) is 2.56. The van der Waals surface area contributed by atoms with Crippen molar-refractivity contribution in [2.75, 3.05) is 6.61 Å². The lowest BCUT2D eigenvalue weighted by Crippen LogP contribution is -2.39. The molecule has 1 aromatic heterocycles. The third kappa shape index (κ3) is 3.24. The highest BCUT2D eigenvalue weighted by Gasteiger charge is 2.36. The molecule has 0 aliphatic carbocycles. The number of allylic oxidation sites excluding steroid dienone is 1. The van der Waals surface area contributed by atoms with E-state index >= 15 is 0 Å². The van der Waals surface area contributed by atoms with E-state index in [1.54, 1.807) is 0 Å². The van der Waals surface area contributed by atoms with Gasteiger partial charge in [0.2, 0.25) is 0 Å². The van der Waals surface area contributed by atoms with Gasteiger partial charge in [-0.15, -0.1) is 0 Å². The van der Waals surface area contributed by atoms with E-state index in [1.807, 2.05) is 0 Å². The summed E-state index contributed by atoms with van der Waals surface area (Å²) in [6.45, 7) is 1.16. The molecule has 0 bridgehead atoms. The minimum Gasteiger partial charge on any atom is -0.394 e. The fourth-order valence-electron chi connectivity index (χ4n) is 2.42. The Morgan fingerprint density at radius 1 is 1.57 bits per heavy atom. The van der Waals surface area contributed by atoms with Crippen molar-refractivity contribution in [2.45, 2.75) is 31.7 Å². The second-order valence-electron chi connectivity index (χ2n) is 4.97. The smallest absolute Gasteiger partial charge is 0.337 e. The van der Waals surface area contributed by atoms with Gasteiger partial charge >= 0.3 is 5.69 Å². The minimum absolute atomic E-state index is 0.185. The maximum Gasteiger partial charge on any atom is 0.337 e. The molecule has 3 atom stereocenters. The first kappa shape index (κ1) is 16.7. The first-order chi connectivity index (χ1) is 11.0. The summed E-state index contributed by atoms with van der Waals surface area (Å²) in [7, 11) is 0. The van der Waals surface area contributed by atoms with Gasteiger partial charge in [-0.2, -0.15) is 0 Å². The lowest BCUT2D eigenvalue weighted by atomic mass is 10.1. The molecule has 1 fully saturated rings. The van der Waals surface area contributed by atoms with Crippen LogP contribution in [-0.2, 0) is 9.53 Å². The van der Waals surface area contributed by atoms with Crippen LogP contribution in [0.3, 0.4) is 0 Å². The van der Waals surface area contributed by atoms with Gasteiger partial charge in [0.05, 0.1) is 18.8 Å². The average molecular weight is 321 g/mol. The Bertz CT molecular complexity index is 789. The minimum atomic E-state index is -0.787. The van der Waals surface area contributed by atoms with Gasteiger partial charge in [0.25, 0.3) is 5.56 Å². The van der Waals surface area contributed by atoms with E-state index in [2.05, 4.69) is 10.0 Å². The topological polar surface area (TPSA) is 139 Å². The van der Waals surface area contributed by atoms with E-state index in [-0.39, 0.29) is 18.6 Å². The fraction of sp³-hybridized carbons (Fsp3) is 0.462. The number of aliphatic hydroxyl groups is 1. The zero-order valence-electron chi connectivity index (χ0n) is 12.3. The van der Waals surface area contributed by atoms with Crippen LogP contribution in [0.15, 0.2) is 27.0 Å². The normalized spacial score (nSPS) is 23.8. The van der Waals surface area contributed by atoms with Gasteiger partial charge in [0.1, 0.15) is 12.5 Å². The quantitative estimate of drug-likeness (QED) is 0.266. The van der Waals surface area contributed by atoms with E-state index < -0.39 is 29.6 Å². The number of carbonyl (C=O) groups excluding carboxylic acids is 1. The predicted octanol–water partition coefficient (Wildman–Crippen LogP) is -0.0533. The lowest BCUT2D eigenvalue weighted by Gasteiger charge is -2.16. The van der Waals surface area contributed by atoms with Crippen molar-refractivity contribution < 1.29 is 14.6 Å². The number of ether oxygens (including phenoxy) is 1. The number of rotatable bonds is 5. The molecule has 1 aliphatic rings. The van der Waals surface area contributed by atoms with Crippen LogP contribution in [0.5, 0.6) is 0 Å². The molecule has 10 heteroatoms. The Kier molecular flexibility index (Phi) is 5.12. The molecule has 2 heterocycles. The summed E-state index contributed by atoms with van der Waals surface area (Å²) in [6, 6.07) is -0.617. The van der Waals surface area contributed by atoms with Crippen molar-refractivity contribution in [3.05, 3.63) is 49.1 Å². The molecule has 0 saturated carbocycles. The van der Waals surface area contributed by atoms with E-state index in [9.17, 15) is 19.5 Å². The van der Waals surface area contributed by atoms with Crippen molar-refractivity contribution in [1.29, 1.82) is 0 Å². The number of azide groups is 1. The van der Waals surface area contributed by atoms with Crippen molar-refractivity contribution >= 4 is 12.5 Å². The summed E-state index contributed by atoms with van der Waals surface area (Å²) in [5, 5.41) is 12.8. The summed E-state index contributed by atoms with van der Waals surface area (Å²) < 4.78 is 7.51. The Labute approximate surface area is 129 Å². The molecule has 1 unspecified atom stereocenters. The van der Waals surface area contributed by atoms with Gasteiger partial charge in [0, 0.05) is 29.3 Å². The van der Waals surface area contributed by atoms with Crippen molar-refractivity contribution in [3.8, 4) is 0 Å². The fourth-order valence-corrected chi connectivity index (χ4v) is 2.42. The number of aldehydes is 1. The standard InChI is InChI=1S/C13H15N5O5/c1-8-6-18(13(22)17(12(8)21)3-2-4-19)11-5-9(15-16-14)10(7-20)23-11/h2-4,6,9-11,20H,5,7H2,1H3/t9?,10-,11-/m1/s1. The molecule has 23 heavy (non-hydrogen) atoms. The van der Waals surface area contributed by atoms with Crippen LogP contribution in [0, 0.1) is 6.92 Å². The number of carbonyl (C=O) groups is 1. The van der Waals surface area contributed by atoms with Crippen molar-refractivity contribution in [1.82, 2.24) is 9.13 Å². The number of hydrogen-bond donors (Lipinski definition) is 1. The van der Waals surface area contributed by atoms with Gasteiger partial charge in [-0.3, -0.25) is 14.2 Å². The molecule has 122 valence electrons. The van der Waals surface area contributed by atoms with E-state index in [4.69, 9.17) is 10.3 Å². The molecule has 10 nitrogen and oxygen atoms in total. The first-order valence-electron chi connectivity index (χ1n) is 6.80. The number of hydrogen-bond acceptors (Lipinski definition) is 6. The lowest BCUT2D eigenvalue weighted by molar-refractivity contribution is -0.104. The van der Waals surface area contributed by atoms with Crippen molar-refractivity contribution in [3.63, 3.8) is 0 Å². The summed E-state index contributed by atoms with van der Waals surface area (Å²) in [4.78, 5) is 37.5. The molecule has 0 spiro atoms. The third-order valence-electron chi connectivity index (χ3n) is 3.52. The largest absolute Gasteiger partial charge is 0.394 e. The Morgan fingerprint density at radius 3 is 2.91 bits per heavy atom. The third-order valence-corrected chi connectivity index (χ3v) is 3.52. The molecular weight excluding hydrogens is 306 g/mol. The zero-order valence-corrected chi connectivity index (χ0v) is 12.3. The number of aryl methyl sites for hydroxylation is 1. The molecule has 2 rings (SSSR count). The van der Waals surface area contributed by atoms with Gasteiger partial charge in [-0.05, 0) is 18.5 Å². The van der Waals surface area contributed by atoms with Gasteiger partial charge in [-0.1, -0.05) is 5.11 Å².